The normalized spacial score (nSPS) is 39.6. The fourth-order valence-electron chi connectivity index (χ4n) is 3.47. The van der Waals surface area contributed by atoms with Gasteiger partial charge in [0, 0.05) is 6.54 Å². The van der Waals surface area contributed by atoms with Crippen molar-refractivity contribution in [1.29, 1.82) is 0 Å². The predicted octanol–water partition coefficient (Wildman–Crippen LogP) is 1.82. The molecular weight excluding hydrogens is 202 g/mol. The molecule has 1 aliphatic carbocycles. The molecule has 2 aliphatic rings. The highest BCUT2D eigenvalue weighted by molar-refractivity contribution is 5.73. The molecule has 2 rings (SSSR count). The number of carbonyl (C=O) groups excluding carboxylic acids is 1. The number of methoxy groups -OCH3 is 1. The topological polar surface area (TPSA) is 38.3 Å². The summed E-state index contributed by atoms with van der Waals surface area (Å²) in [5, 5.41) is 3.35. The van der Waals surface area contributed by atoms with Gasteiger partial charge in [-0.1, -0.05) is 26.2 Å². The summed E-state index contributed by atoms with van der Waals surface area (Å²) in [6.07, 6.45) is 5.28. The molecule has 0 bridgehead atoms. The summed E-state index contributed by atoms with van der Waals surface area (Å²) in [5.74, 6) is 2.14. The molecule has 1 aliphatic heterocycles. The van der Waals surface area contributed by atoms with Gasteiger partial charge < -0.3 is 10.1 Å². The maximum atomic E-state index is 11.7. The molecule has 0 spiro atoms. The molecule has 0 aromatic heterocycles. The molecule has 0 aromatic carbocycles. The zero-order valence-electron chi connectivity index (χ0n) is 10.4. The summed E-state index contributed by atoms with van der Waals surface area (Å²) < 4.78 is 4.90. The highest BCUT2D eigenvalue weighted by Gasteiger charge is 2.39. The van der Waals surface area contributed by atoms with E-state index in [1.165, 1.54) is 32.8 Å². The first kappa shape index (κ1) is 11.9. The number of esters is 1. The third-order valence-electron chi connectivity index (χ3n) is 4.35. The van der Waals surface area contributed by atoms with Crippen LogP contribution in [0.2, 0.25) is 0 Å². The van der Waals surface area contributed by atoms with Crippen molar-refractivity contribution in [2.45, 2.75) is 32.6 Å². The summed E-state index contributed by atoms with van der Waals surface area (Å²) in [6, 6.07) is 0. The molecule has 16 heavy (non-hydrogen) atoms. The minimum Gasteiger partial charge on any atom is -0.469 e. The van der Waals surface area contributed by atoms with Crippen LogP contribution in [0.3, 0.4) is 0 Å². The van der Waals surface area contributed by atoms with E-state index >= 15 is 0 Å². The van der Waals surface area contributed by atoms with Crippen molar-refractivity contribution >= 4 is 5.97 Å². The quantitative estimate of drug-likeness (QED) is 0.729. The summed E-state index contributed by atoms with van der Waals surface area (Å²) in [4.78, 5) is 11.7. The Morgan fingerprint density at radius 3 is 2.81 bits per heavy atom. The fraction of sp³-hybridized carbons (Fsp3) is 0.923. The number of nitrogens with one attached hydrogen (secondary N) is 1. The molecule has 3 nitrogen and oxygen atoms in total. The monoisotopic (exact) mass is 225 g/mol. The van der Waals surface area contributed by atoms with E-state index in [2.05, 4.69) is 12.2 Å². The van der Waals surface area contributed by atoms with E-state index in [9.17, 15) is 4.79 Å². The maximum absolute atomic E-state index is 11.7. The molecule has 4 unspecified atom stereocenters. The SMILES string of the molecule is COC(=O)C1CNCC1C1CCCC(C)C1. The molecule has 1 saturated heterocycles. The largest absolute Gasteiger partial charge is 0.469 e. The molecule has 1 saturated carbocycles. The van der Waals surface area contributed by atoms with Gasteiger partial charge in [-0.05, 0) is 30.7 Å². The third kappa shape index (κ3) is 2.40. The Balaban J connectivity index is 1.99. The van der Waals surface area contributed by atoms with Gasteiger partial charge >= 0.3 is 5.97 Å². The van der Waals surface area contributed by atoms with Crippen LogP contribution in [0, 0.1) is 23.7 Å². The van der Waals surface area contributed by atoms with Crippen LogP contribution in [-0.4, -0.2) is 26.2 Å². The summed E-state index contributed by atoms with van der Waals surface area (Å²) >= 11 is 0. The van der Waals surface area contributed by atoms with Crippen molar-refractivity contribution in [2.75, 3.05) is 20.2 Å². The first-order valence-electron chi connectivity index (χ1n) is 6.51. The molecule has 4 atom stereocenters. The van der Waals surface area contributed by atoms with E-state index in [1.807, 2.05) is 0 Å². The molecular formula is C13H23NO2. The second-order valence-corrected chi connectivity index (χ2v) is 5.48. The lowest BCUT2D eigenvalue weighted by Gasteiger charge is -2.33. The standard InChI is InChI=1S/C13H23NO2/c1-9-4-3-5-10(6-9)11-7-14-8-12(11)13(15)16-2/h9-12,14H,3-8H2,1-2H3. The smallest absolute Gasteiger partial charge is 0.310 e. The number of hydrogen-bond acceptors (Lipinski definition) is 3. The first-order valence-corrected chi connectivity index (χ1v) is 6.51. The lowest BCUT2D eigenvalue weighted by molar-refractivity contribution is -0.146. The third-order valence-corrected chi connectivity index (χ3v) is 4.35. The summed E-state index contributed by atoms with van der Waals surface area (Å²) in [5.41, 5.74) is 0. The van der Waals surface area contributed by atoms with E-state index in [4.69, 9.17) is 4.74 Å². The molecule has 2 fully saturated rings. The average Bonchev–Trinajstić information content (AvgIpc) is 2.77. The van der Waals surface area contributed by atoms with Crippen LogP contribution in [0.25, 0.3) is 0 Å². The van der Waals surface area contributed by atoms with Crippen molar-refractivity contribution in [2.24, 2.45) is 23.7 Å². The Morgan fingerprint density at radius 1 is 1.31 bits per heavy atom. The Bertz CT molecular complexity index is 254. The van der Waals surface area contributed by atoms with Gasteiger partial charge in [-0.3, -0.25) is 4.79 Å². The minimum atomic E-state index is -0.0202. The van der Waals surface area contributed by atoms with Crippen LogP contribution in [0.5, 0.6) is 0 Å². The second kappa shape index (κ2) is 5.17. The first-order chi connectivity index (χ1) is 7.72. The molecule has 1 heterocycles. The minimum absolute atomic E-state index is 0.0202. The van der Waals surface area contributed by atoms with Crippen LogP contribution in [0.1, 0.15) is 32.6 Å². The van der Waals surface area contributed by atoms with Gasteiger partial charge in [-0.25, -0.2) is 0 Å². The van der Waals surface area contributed by atoms with E-state index in [0.29, 0.717) is 5.92 Å². The van der Waals surface area contributed by atoms with Gasteiger partial charge in [0.1, 0.15) is 0 Å². The molecule has 3 heteroatoms. The number of carbonyl (C=O) groups is 1. The molecule has 0 amide bonds. The molecule has 92 valence electrons. The second-order valence-electron chi connectivity index (χ2n) is 5.48. The van der Waals surface area contributed by atoms with Crippen molar-refractivity contribution in [3.8, 4) is 0 Å². The van der Waals surface area contributed by atoms with Gasteiger partial charge in [0.15, 0.2) is 0 Å². The number of ether oxygens (including phenoxy) is 1. The Hall–Kier alpha value is -0.570. The maximum Gasteiger partial charge on any atom is 0.310 e. The van der Waals surface area contributed by atoms with Gasteiger partial charge in [-0.2, -0.15) is 0 Å². The lowest BCUT2D eigenvalue weighted by atomic mass is 9.72. The van der Waals surface area contributed by atoms with Crippen LogP contribution in [0.4, 0.5) is 0 Å². The average molecular weight is 225 g/mol. The van der Waals surface area contributed by atoms with Crippen LogP contribution < -0.4 is 5.32 Å². The van der Waals surface area contributed by atoms with Crippen molar-refractivity contribution in [1.82, 2.24) is 5.32 Å². The zero-order valence-corrected chi connectivity index (χ0v) is 10.4. The lowest BCUT2D eigenvalue weighted by Crippen LogP contribution is -2.31. The number of hydrogen-bond donors (Lipinski definition) is 1. The summed E-state index contributed by atoms with van der Waals surface area (Å²) in [7, 11) is 1.50. The zero-order chi connectivity index (χ0) is 11.5. The van der Waals surface area contributed by atoms with Crippen LogP contribution in [-0.2, 0) is 9.53 Å². The van der Waals surface area contributed by atoms with Crippen molar-refractivity contribution < 1.29 is 9.53 Å². The van der Waals surface area contributed by atoms with Gasteiger partial charge in [0.25, 0.3) is 0 Å². The van der Waals surface area contributed by atoms with Crippen molar-refractivity contribution in [3.05, 3.63) is 0 Å². The molecule has 0 radical (unpaired) electrons. The Morgan fingerprint density at radius 2 is 2.12 bits per heavy atom. The molecule has 0 aromatic rings. The van der Waals surface area contributed by atoms with Crippen LogP contribution in [0.15, 0.2) is 0 Å². The summed E-state index contributed by atoms with van der Waals surface area (Å²) in [6.45, 7) is 4.14. The van der Waals surface area contributed by atoms with E-state index in [-0.39, 0.29) is 11.9 Å². The van der Waals surface area contributed by atoms with Crippen molar-refractivity contribution in [3.63, 3.8) is 0 Å². The van der Waals surface area contributed by atoms with E-state index in [1.54, 1.807) is 0 Å². The Labute approximate surface area is 97.9 Å². The fourth-order valence-corrected chi connectivity index (χ4v) is 3.47. The highest BCUT2D eigenvalue weighted by Crippen LogP contribution is 2.38. The van der Waals surface area contributed by atoms with E-state index in [0.717, 1.165) is 24.9 Å². The van der Waals surface area contributed by atoms with Crippen LogP contribution >= 0.6 is 0 Å². The van der Waals surface area contributed by atoms with Gasteiger partial charge in [0.05, 0.1) is 13.0 Å². The van der Waals surface area contributed by atoms with Gasteiger partial charge in [0.2, 0.25) is 0 Å². The number of rotatable bonds is 2. The van der Waals surface area contributed by atoms with E-state index < -0.39 is 0 Å². The molecule has 1 N–H and O–H groups in total. The van der Waals surface area contributed by atoms with Gasteiger partial charge in [-0.15, -0.1) is 0 Å². The Kier molecular flexibility index (Phi) is 3.85. The predicted molar refractivity (Wildman–Crippen MR) is 63.0 cm³/mol. The highest BCUT2D eigenvalue weighted by atomic mass is 16.5.